The minimum absolute atomic E-state index is 0. The maximum absolute atomic E-state index is 13.1. The lowest BCUT2D eigenvalue weighted by Gasteiger charge is -2.22. The molecule has 0 aromatic heterocycles. The third-order valence-electron chi connectivity index (χ3n) is 4.57. The number of carbonyl (C=O) groups excluding carboxylic acids is 3. The monoisotopic (exact) mass is 388 g/mol. The molecule has 4 N–H and O–H groups in total. The Balaban J connectivity index is 0.00000243. The highest BCUT2D eigenvalue weighted by atomic mass is 35.5. The van der Waals surface area contributed by atoms with E-state index in [1.54, 1.807) is 12.1 Å². The largest absolute Gasteiger partial charge is 0.348 e. The number of imide groups is 1. The van der Waals surface area contributed by atoms with Gasteiger partial charge in [0, 0.05) is 0 Å². The zero-order chi connectivity index (χ0) is 18.2. The highest BCUT2D eigenvalue weighted by Gasteiger charge is 2.55. The van der Waals surface area contributed by atoms with Crippen molar-refractivity contribution in [3.05, 3.63) is 35.4 Å². The van der Waals surface area contributed by atoms with E-state index in [0.717, 1.165) is 10.5 Å². The number of rotatable bonds is 5. The molecule has 1 spiro atoms. The molecule has 2 aliphatic rings. The maximum atomic E-state index is 13.1. The summed E-state index contributed by atoms with van der Waals surface area (Å²) in [4.78, 5) is 37.6. The number of urea groups is 1. The Kier molecular flexibility index (Phi) is 5.52. The fourth-order valence-electron chi connectivity index (χ4n) is 3.23. The van der Waals surface area contributed by atoms with Gasteiger partial charge in [0.2, 0.25) is 5.91 Å². The van der Waals surface area contributed by atoms with Crippen LogP contribution < -0.4 is 16.4 Å². The molecule has 1 aromatic carbocycles. The van der Waals surface area contributed by atoms with Gasteiger partial charge in [0.15, 0.2) is 0 Å². The molecule has 1 atom stereocenters. The summed E-state index contributed by atoms with van der Waals surface area (Å²) in [6.45, 7) is -2.47. The SMILES string of the molecule is Cl.NCC(F)(F)CNC(=O)CN1C(=O)NC2(CCc3ccccc32)C1=O. The standard InChI is InChI=1S/C16H18F2N4O3.ClH/c17-15(18,8-19)9-20-12(23)7-22-13(24)16(21-14(22)25)6-5-10-3-1-2-4-11(10)16;/h1-4H,5-9,19H2,(H,20,23)(H,21,25);1H. The van der Waals surface area contributed by atoms with E-state index in [0.29, 0.717) is 18.4 Å². The molecule has 7 nitrogen and oxygen atoms in total. The Morgan fingerprint density at radius 3 is 2.73 bits per heavy atom. The molecular formula is C16H19ClF2N4O3. The van der Waals surface area contributed by atoms with E-state index in [-0.39, 0.29) is 12.4 Å². The number of hydrogen-bond acceptors (Lipinski definition) is 4. The molecule has 10 heteroatoms. The van der Waals surface area contributed by atoms with Crippen LogP contribution >= 0.6 is 12.4 Å². The van der Waals surface area contributed by atoms with Crippen LogP contribution in [0.4, 0.5) is 13.6 Å². The number of benzene rings is 1. The van der Waals surface area contributed by atoms with Crippen molar-refractivity contribution in [2.24, 2.45) is 5.73 Å². The summed E-state index contributed by atoms with van der Waals surface area (Å²) in [5, 5.41) is 4.66. The van der Waals surface area contributed by atoms with E-state index in [9.17, 15) is 23.2 Å². The normalized spacial score (nSPS) is 21.4. The van der Waals surface area contributed by atoms with Gasteiger partial charge in [-0.1, -0.05) is 24.3 Å². The lowest BCUT2D eigenvalue weighted by Crippen LogP contribution is -2.47. The summed E-state index contributed by atoms with van der Waals surface area (Å²) in [5.74, 6) is -4.62. The molecule has 3 rings (SSSR count). The molecule has 1 unspecified atom stereocenters. The molecule has 1 fully saturated rings. The van der Waals surface area contributed by atoms with E-state index in [1.807, 2.05) is 17.4 Å². The van der Waals surface area contributed by atoms with Gasteiger partial charge in [-0.05, 0) is 24.0 Å². The van der Waals surface area contributed by atoms with Gasteiger partial charge < -0.3 is 16.4 Å². The smallest absolute Gasteiger partial charge is 0.325 e. The quantitative estimate of drug-likeness (QED) is 0.639. The molecule has 1 heterocycles. The van der Waals surface area contributed by atoms with Crippen LogP contribution in [-0.4, -0.2) is 48.3 Å². The van der Waals surface area contributed by atoms with Crippen LogP contribution in [0.3, 0.4) is 0 Å². The van der Waals surface area contributed by atoms with Gasteiger partial charge in [0.05, 0.1) is 13.1 Å². The number of halogens is 3. The van der Waals surface area contributed by atoms with Gasteiger partial charge in [0.1, 0.15) is 12.1 Å². The molecule has 0 bridgehead atoms. The van der Waals surface area contributed by atoms with Gasteiger partial charge in [-0.3, -0.25) is 14.5 Å². The summed E-state index contributed by atoms with van der Waals surface area (Å²) < 4.78 is 26.2. The molecule has 1 aromatic rings. The number of hydrogen-bond donors (Lipinski definition) is 3. The van der Waals surface area contributed by atoms with Gasteiger partial charge in [-0.15, -0.1) is 12.4 Å². The van der Waals surface area contributed by atoms with Gasteiger partial charge in [-0.25, -0.2) is 13.6 Å². The number of alkyl halides is 2. The Bertz CT molecular complexity index is 746. The highest BCUT2D eigenvalue weighted by molar-refractivity contribution is 6.09. The first kappa shape index (κ1) is 20.1. The van der Waals surface area contributed by atoms with Gasteiger partial charge in [-0.2, -0.15) is 0 Å². The number of nitrogens with zero attached hydrogens (tertiary/aromatic N) is 1. The molecule has 1 aliphatic carbocycles. The van der Waals surface area contributed by atoms with Crippen LogP contribution in [0.5, 0.6) is 0 Å². The van der Waals surface area contributed by atoms with E-state index in [2.05, 4.69) is 5.32 Å². The molecular weight excluding hydrogens is 370 g/mol. The lowest BCUT2D eigenvalue weighted by atomic mass is 9.92. The van der Waals surface area contributed by atoms with E-state index >= 15 is 0 Å². The summed E-state index contributed by atoms with van der Waals surface area (Å²) >= 11 is 0. The number of nitrogens with two attached hydrogens (primary N) is 1. The van der Waals surface area contributed by atoms with Crippen molar-refractivity contribution in [3.8, 4) is 0 Å². The number of carbonyl (C=O) groups is 3. The molecule has 1 aliphatic heterocycles. The third-order valence-corrected chi connectivity index (χ3v) is 4.57. The number of fused-ring (bicyclic) bond motifs is 2. The van der Waals surface area contributed by atoms with Gasteiger partial charge in [0.25, 0.3) is 11.8 Å². The van der Waals surface area contributed by atoms with Crippen molar-refractivity contribution in [2.45, 2.75) is 24.3 Å². The van der Waals surface area contributed by atoms with E-state index in [4.69, 9.17) is 5.73 Å². The van der Waals surface area contributed by atoms with Crippen molar-refractivity contribution in [2.75, 3.05) is 19.6 Å². The fourth-order valence-corrected chi connectivity index (χ4v) is 3.23. The van der Waals surface area contributed by atoms with Crippen LogP contribution in [0.2, 0.25) is 0 Å². The average Bonchev–Trinajstić information content (AvgIpc) is 3.07. The fraction of sp³-hybridized carbons (Fsp3) is 0.438. The summed E-state index contributed by atoms with van der Waals surface area (Å²) in [6.07, 6.45) is 1.03. The summed E-state index contributed by atoms with van der Waals surface area (Å²) in [5.41, 5.74) is 5.40. The Morgan fingerprint density at radius 1 is 1.35 bits per heavy atom. The Hall–Kier alpha value is -2.26. The molecule has 142 valence electrons. The second-order valence-electron chi connectivity index (χ2n) is 6.22. The van der Waals surface area contributed by atoms with Crippen molar-refractivity contribution < 1.29 is 23.2 Å². The van der Waals surface area contributed by atoms with Crippen molar-refractivity contribution in [3.63, 3.8) is 0 Å². The first-order chi connectivity index (χ1) is 11.8. The maximum Gasteiger partial charge on any atom is 0.325 e. The van der Waals surface area contributed by atoms with Crippen molar-refractivity contribution >= 4 is 30.3 Å². The van der Waals surface area contributed by atoms with Crippen LogP contribution in [0.25, 0.3) is 0 Å². The zero-order valence-electron chi connectivity index (χ0n) is 13.8. The van der Waals surface area contributed by atoms with Crippen LogP contribution in [0.15, 0.2) is 24.3 Å². The second-order valence-corrected chi connectivity index (χ2v) is 6.22. The lowest BCUT2D eigenvalue weighted by molar-refractivity contribution is -0.135. The van der Waals surface area contributed by atoms with Gasteiger partial charge >= 0.3 is 6.03 Å². The van der Waals surface area contributed by atoms with Crippen LogP contribution in [0.1, 0.15) is 17.5 Å². The van der Waals surface area contributed by atoms with Crippen LogP contribution in [0, 0.1) is 0 Å². The molecule has 0 saturated carbocycles. The Labute approximate surface area is 154 Å². The number of aryl methyl sites for hydroxylation is 1. The minimum atomic E-state index is -3.24. The first-order valence-electron chi connectivity index (χ1n) is 7.86. The second kappa shape index (κ2) is 7.16. The molecule has 1 saturated heterocycles. The average molecular weight is 389 g/mol. The van der Waals surface area contributed by atoms with Crippen LogP contribution in [-0.2, 0) is 21.5 Å². The van der Waals surface area contributed by atoms with E-state index < -0.39 is 48.9 Å². The highest BCUT2D eigenvalue weighted by Crippen LogP contribution is 2.41. The van der Waals surface area contributed by atoms with Crippen molar-refractivity contribution in [1.29, 1.82) is 0 Å². The first-order valence-corrected chi connectivity index (χ1v) is 7.86. The minimum Gasteiger partial charge on any atom is -0.348 e. The zero-order valence-corrected chi connectivity index (χ0v) is 14.6. The molecule has 4 amide bonds. The van der Waals surface area contributed by atoms with Crippen molar-refractivity contribution in [1.82, 2.24) is 15.5 Å². The summed E-state index contributed by atoms with van der Waals surface area (Å²) in [6, 6.07) is 6.57. The predicted octanol–water partition coefficient (Wildman–Crippen LogP) is 0.512. The molecule has 26 heavy (non-hydrogen) atoms. The third kappa shape index (κ3) is 3.36. The predicted molar refractivity (Wildman–Crippen MR) is 90.9 cm³/mol. The topological polar surface area (TPSA) is 105 Å². The summed E-state index contributed by atoms with van der Waals surface area (Å²) in [7, 11) is 0. The number of nitrogens with one attached hydrogen (secondary N) is 2. The number of amides is 4. The van der Waals surface area contributed by atoms with E-state index in [1.165, 1.54) is 0 Å². The Morgan fingerprint density at radius 2 is 2.04 bits per heavy atom. The molecule has 0 radical (unpaired) electrons.